The number of nitrogens with zero attached hydrogens (tertiary/aromatic N) is 1. The minimum atomic E-state index is -0.0462. The molecule has 2 aromatic rings. The summed E-state index contributed by atoms with van der Waals surface area (Å²) in [6, 6.07) is 18.3. The Balaban J connectivity index is 1.97. The molecule has 0 aliphatic carbocycles. The molecule has 1 aliphatic heterocycles. The number of hydrogen-bond donors (Lipinski definition) is 1. The Labute approximate surface area is 105 Å². The van der Waals surface area contributed by atoms with E-state index in [1.165, 1.54) is 0 Å². The third-order valence-electron chi connectivity index (χ3n) is 2.95. The molecule has 1 aliphatic rings. The number of benzene rings is 2. The van der Waals surface area contributed by atoms with Crippen molar-refractivity contribution in [1.82, 2.24) is 5.43 Å². The minimum Gasteiger partial charge on any atom is -0.273 e. The van der Waals surface area contributed by atoms with E-state index in [1.54, 1.807) is 0 Å². The Hall–Kier alpha value is -2.42. The highest BCUT2D eigenvalue weighted by atomic mass is 16.2. The van der Waals surface area contributed by atoms with Crippen molar-refractivity contribution in [3.8, 4) is 11.1 Å². The third kappa shape index (κ3) is 2.02. The van der Waals surface area contributed by atoms with Crippen LogP contribution >= 0.6 is 0 Å². The summed E-state index contributed by atoms with van der Waals surface area (Å²) in [5.74, 6) is -0.0462. The normalized spacial score (nSPS) is 14.2. The van der Waals surface area contributed by atoms with Crippen LogP contribution < -0.4 is 5.43 Å². The van der Waals surface area contributed by atoms with Crippen LogP contribution in [0.5, 0.6) is 0 Å². The van der Waals surface area contributed by atoms with Crippen molar-refractivity contribution >= 4 is 11.6 Å². The molecule has 0 saturated carbocycles. The fourth-order valence-corrected chi connectivity index (χ4v) is 2.04. The Bertz CT molecular complexity index is 617. The molecule has 2 aromatic carbocycles. The van der Waals surface area contributed by atoms with Gasteiger partial charge in [-0.25, -0.2) is 5.43 Å². The maximum atomic E-state index is 11.2. The van der Waals surface area contributed by atoms with Gasteiger partial charge < -0.3 is 0 Å². The molecule has 3 rings (SSSR count). The second-order valence-corrected chi connectivity index (χ2v) is 4.22. The predicted octanol–water partition coefficient (Wildman–Crippen LogP) is 2.58. The minimum absolute atomic E-state index is 0.0462. The van der Waals surface area contributed by atoms with Gasteiger partial charge in [-0.2, -0.15) is 5.10 Å². The number of nitrogens with one attached hydrogen (secondary N) is 1. The topological polar surface area (TPSA) is 41.5 Å². The molecule has 0 unspecified atom stereocenters. The first-order valence-corrected chi connectivity index (χ1v) is 5.84. The van der Waals surface area contributed by atoms with Gasteiger partial charge in [0.25, 0.3) is 0 Å². The van der Waals surface area contributed by atoms with Crippen molar-refractivity contribution in [2.75, 3.05) is 0 Å². The molecule has 3 heteroatoms. The van der Waals surface area contributed by atoms with E-state index in [-0.39, 0.29) is 5.91 Å². The van der Waals surface area contributed by atoms with Crippen LogP contribution in [0, 0.1) is 0 Å². The van der Waals surface area contributed by atoms with E-state index in [0.717, 1.165) is 22.4 Å². The van der Waals surface area contributed by atoms with Crippen LogP contribution in [0.25, 0.3) is 11.1 Å². The monoisotopic (exact) mass is 236 g/mol. The zero-order chi connectivity index (χ0) is 12.4. The van der Waals surface area contributed by atoms with E-state index in [9.17, 15) is 4.79 Å². The number of hydrazone groups is 1. The zero-order valence-corrected chi connectivity index (χ0v) is 9.76. The summed E-state index contributed by atoms with van der Waals surface area (Å²) in [7, 11) is 0. The first-order chi connectivity index (χ1) is 8.83. The average molecular weight is 236 g/mol. The Morgan fingerprint density at radius 2 is 1.61 bits per heavy atom. The molecule has 88 valence electrons. The summed E-state index contributed by atoms with van der Waals surface area (Å²) in [6.07, 6.45) is 0.359. The molecule has 0 atom stereocenters. The van der Waals surface area contributed by atoms with E-state index >= 15 is 0 Å². The number of hydrogen-bond acceptors (Lipinski definition) is 2. The Morgan fingerprint density at radius 1 is 0.889 bits per heavy atom. The lowest BCUT2D eigenvalue weighted by Gasteiger charge is -2.04. The largest absolute Gasteiger partial charge is 0.273 e. The molecule has 0 spiro atoms. The van der Waals surface area contributed by atoms with E-state index in [0.29, 0.717) is 6.42 Å². The molecule has 0 aromatic heterocycles. The highest BCUT2D eigenvalue weighted by Crippen LogP contribution is 2.21. The molecular formula is C15H12N2O. The van der Waals surface area contributed by atoms with Gasteiger partial charge in [0.1, 0.15) is 0 Å². The summed E-state index contributed by atoms with van der Waals surface area (Å²) in [5, 5.41) is 4.04. The van der Waals surface area contributed by atoms with Gasteiger partial charge in [-0.05, 0) is 22.8 Å². The van der Waals surface area contributed by atoms with Gasteiger partial charge in [0.15, 0.2) is 0 Å². The fraction of sp³-hybridized carbons (Fsp3) is 0.0667. The SMILES string of the molecule is O=C1CC(c2cccc(-c3ccccc3)c2)=NN1. The second kappa shape index (κ2) is 4.45. The lowest BCUT2D eigenvalue weighted by molar-refractivity contribution is -0.119. The average Bonchev–Trinajstić information content (AvgIpc) is 2.87. The maximum Gasteiger partial charge on any atom is 0.246 e. The summed E-state index contributed by atoms with van der Waals surface area (Å²) in [4.78, 5) is 11.2. The van der Waals surface area contributed by atoms with Gasteiger partial charge in [-0.15, -0.1) is 0 Å². The first-order valence-electron chi connectivity index (χ1n) is 5.84. The number of carbonyl (C=O) groups excluding carboxylic acids is 1. The number of carbonyl (C=O) groups is 1. The van der Waals surface area contributed by atoms with Gasteiger partial charge in [-0.1, -0.05) is 48.5 Å². The van der Waals surface area contributed by atoms with Crippen molar-refractivity contribution < 1.29 is 4.79 Å². The molecule has 0 saturated heterocycles. The van der Waals surface area contributed by atoms with Crippen molar-refractivity contribution in [2.45, 2.75) is 6.42 Å². The highest BCUT2D eigenvalue weighted by Gasteiger charge is 2.16. The fourth-order valence-electron chi connectivity index (χ4n) is 2.04. The smallest absolute Gasteiger partial charge is 0.246 e. The van der Waals surface area contributed by atoms with E-state index in [1.807, 2.05) is 30.3 Å². The summed E-state index contributed by atoms with van der Waals surface area (Å²) in [5.41, 5.74) is 6.57. The molecule has 1 N–H and O–H groups in total. The van der Waals surface area contributed by atoms with Gasteiger partial charge in [0.05, 0.1) is 12.1 Å². The third-order valence-corrected chi connectivity index (χ3v) is 2.95. The van der Waals surface area contributed by atoms with Crippen LogP contribution in [-0.4, -0.2) is 11.6 Å². The van der Waals surface area contributed by atoms with Crippen molar-refractivity contribution in [3.05, 3.63) is 60.2 Å². The van der Waals surface area contributed by atoms with E-state index in [2.05, 4.69) is 34.8 Å². The molecular weight excluding hydrogens is 224 g/mol. The number of rotatable bonds is 2. The standard InChI is InChI=1S/C15H12N2O/c18-15-10-14(16-17-15)13-8-4-7-12(9-13)11-5-2-1-3-6-11/h1-9H,10H2,(H,17,18). The van der Waals surface area contributed by atoms with Crippen LogP contribution in [0.1, 0.15) is 12.0 Å². The predicted molar refractivity (Wildman–Crippen MR) is 71.2 cm³/mol. The van der Waals surface area contributed by atoms with Gasteiger partial charge in [-0.3, -0.25) is 4.79 Å². The molecule has 0 fully saturated rings. The first kappa shape index (κ1) is 10.7. The van der Waals surface area contributed by atoms with E-state index < -0.39 is 0 Å². The van der Waals surface area contributed by atoms with Crippen molar-refractivity contribution in [2.24, 2.45) is 5.10 Å². The van der Waals surface area contributed by atoms with Crippen LogP contribution in [0.2, 0.25) is 0 Å². The van der Waals surface area contributed by atoms with Gasteiger partial charge in [0.2, 0.25) is 5.91 Å². The van der Waals surface area contributed by atoms with Crippen LogP contribution in [0.3, 0.4) is 0 Å². The molecule has 1 amide bonds. The van der Waals surface area contributed by atoms with Gasteiger partial charge in [0, 0.05) is 0 Å². The summed E-state index contributed by atoms with van der Waals surface area (Å²) >= 11 is 0. The van der Waals surface area contributed by atoms with E-state index in [4.69, 9.17) is 0 Å². The highest BCUT2D eigenvalue weighted by molar-refractivity contribution is 6.13. The van der Waals surface area contributed by atoms with Crippen LogP contribution in [0.15, 0.2) is 59.7 Å². The number of amides is 1. The molecule has 3 nitrogen and oxygen atoms in total. The van der Waals surface area contributed by atoms with Crippen LogP contribution in [-0.2, 0) is 4.79 Å². The summed E-state index contributed by atoms with van der Waals surface area (Å²) in [6.45, 7) is 0. The molecule has 18 heavy (non-hydrogen) atoms. The quantitative estimate of drug-likeness (QED) is 0.855. The Kier molecular flexibility index (Phi) is 2.65. The Morgan fingerprint density at radius 3 is 2.33 bits per heavy atom. The lowest BCUT2D eigenvalue weighted by atomic mass is 10.0. The molecule has 0 bridgehead atoms. The van der Waals surface area contributed by atoms with Crippen molar-refractivity contribution in [1.29, 1.82) is 0 Å². The summed E-state index contributed by atoms with van der Waals surface area (Å²) < 4.78 is 0. The lowest BCUT2D eigenvalue weighted by Crippen LogP contribution is -2.09. The second-order valence-electron chi connectivity index (χ2n) is 4.22. The molecule has 0 radical (unpaired) electrons. The van der Waals surface area contributed by atoms with Crippen molar-refractivity contribution in [3.63, 3.8) is 0 Å². The zero-order valence-electron chi connectivity index (χ0n) is 9.76. The maximum absolute atomic E-state index is 11.2. The molecule has 1 heterocycles. The van der Waals surface area contributed by atoms with Gasteiger partial charge >= 0.3 is 0 Å². The van der Waals surface area contributed by atoms with Crippen LogP contribution in [0.4, 0.5) is 0 Å².